The van der Waals surface area contributed by atoms with Gasteiger partial charge in [0, 0.05) is 24.6 Å². The van der Waals surface area contributed by atoms with Crippen molar-refractivity contribution in [2.45, 2.75) is 86.6 Å². The van der Waals surface area contributed by atoms with Crippen molar-refractivity contribution in [2.24, 2.45) is 5.92 Å². The molecule has 1 aromatic carbocycles. The maximum absolute atomic E-state index is 12.6. The van der Waals surface area contributed by atoms with Gasteiger partial charge in [0.15, 0.2) is 0 Å². The average molecular weight is 499 g/mol. The van der Waals surface area contributed by atoms with Crippen molar-refractivity contribution in [3.8, 4) is 11.5 Å². The molecule has 2 saturated heterocycles. The topological polar surface area (TPSA) is 61.6 Å². The molecule has 1 amide bonds. The molecule has 1 aromatic heterocycles. The number of oxazole rings is 1. The number of nitrogens with one attached hydrogen (secondary N) is 1. The number of hydrogen-bond donors (Lipinski definition) is 1. The minimum absolute atomic E-state index is 0.141. The highest BCUT2D eigenvalue weighted by atomic mass is 16.4. The molecule has 2 fully saturated rings. The third-order valence-corrected chi connectivity index (χ3v) is 7.00. The lowest BCUT2D eigenvalue weighted by Crippen LogP contribution is -2.41. The second-order valence-electron chi connectivity index (χ2n) is 9.43. The zero-order valence-corrected chi connectivity index (χ0v) is 23.7. The van der Waals surface area contributed by atoms with E-state index in [9.17, 15) is 4.79 Å². The molecule has 6 heteroatoms. The van der Waals surface area contributed by atoms with Gasteiger partial charge >= 0.3 is 0 Å². The van der Waals surface area contributed by atoms with Gasteiger partial charge in [-0.2, -0.15) is 0 Å². The van der Waals surface area contributed by atoms with Crippen LogP contribution < -0.4 is 5.32 Å². The summed E-state index contributed by atoms with van der Waals surface area (Å²) in [6.45, 7) is 19.1. The summed E-state index contributed by atoms with van der Waals surface area (Å²) in [5, 5.41) is 3.18. The highest BCUT2D eigenvalue weighted by Crippen LogP contribution is 2.26. The van der Waals surface area contributed by atoms with Crippen molar-refractivity contribution in [1.29, 1.82) is 0 Å². The van der Waals surface area contributed by atoms with E-state index >= 15 is 0 Å². The Hall–Kier alpha value is -2.18. The van der Waals surface area contributed by atoms with Gasteiger partial charge in [0.25, 0.3) is 0 Å². The number of carbonyl (C=O) groups is 1. The Bertz CT molecular complexity index is 881. The van der Waals surface area contributed by atoms with Crippen molar-refractivity contribution in [1.82, 2.24) is 20.1 Å². The molecule has 0 atom stereocenters. The quantitative estimate of drug-likeness (QED) is 0.438. The fourth-order valence-corrected chi connectivity index (χ4v) is 4.91. The minimum atomic E-state index is 0.141. The summed E-state index contributed by atoms with van der Waals surface area (Å²) in [5.74, 6) is 1.97. The molecule has 0 bridgehead atoms. The van der Waals surface area contributed by atoms with E-state index in [-0.39, 0.29) is 11.8 Å². The summed E-state index contributed by atoms with van der Waals surface area (Å²) in [4.78, 5) is 22.3. The number of nitrogens with zero attached hydrogens (tertiary/aromatic N) is 3. The van der Waals surface area contributed by atoms with Crippen LogP contribution in [-0.2, 0) is 11.3 Å². The Labute approximate surface area is 219 Å². The first-order valence-electron chi connectivity index (χ1n) is 14.3. The lowest BCUT2D eigenvalue weighted by molar-refractivity contribution is -0.126. The van der Waals surface area contributed by atoms with Gasteiger partial charge in [0.2, 0.25) is 11.8 Å². The molecule has 2 aromatic rings. The van der Waals surface area contributed by atoms with Crippen LogP contribution in [0.25, 0.3) is 11.5 Å². The predicted molar refractivity (Wildman–Crippen MR) is 150 cm³/mol. The van der Waals surface area contributed by atoms with Crippen LogP contribution in [0.4, 0.5) is 0 Å². The largest absolute Gasteiger partial charge is 0.441 e. The zero-order valence-electron chi connectivity index (χ0n) is 23.7. The molecule has 4 rings (SSSR count). The number of likely N-dealkylation sites (tertiary alicyclic amines) is 2. The smallest absolute Gasteiger partial charge is 0.226 e. The highest BCUT2D eigenvalue weighted by molar-refractivity contribution is 5.78. The lowest BCUT2D eigenvalue weighted by Gasteiger charge is -2.31. The van der Waals surface area contributed by atoms with Crippen LogP contribution in [0.2, 0.25) is 0 Å². The number of carbonyl (C=O) groups excluding carboxylic acids is 1. The highest BCUT2D eigenvalue weighted by Gasteiger charge is 2.26. The third kappa shape index (κ3) is 9.04. The van der Waals surface area contributed by atoms with E-state index in [1.54, 1.807) is 0 Å². The molecule has 202 valence electrons. The Morgan fingerprint density at radius 2 is 1.64 bits per heavy atom. The summed E-state index contributed by atoms with van der Waals surface area (Å²) in [7, 11) is 0. The molecule has 0 saturated carbocycles. The van der Waals surface area contributed by atoms with Gasteiger partial charge < -0.3 is 14.6 Å². The SMILES string of the molecule is CC.CC.Cc1ccccc1-c1nc(CN2CCC(C(=O)NCCCN3CCCCC3)CC2)c(C)o1. The summed E-state index contributed by atoms with van der Waals surface area (Å²) < 4.78 is 5.98. The molecule has 2 aliphatic heterocycles. The fourth-order valence-electron chi connectivity index (χ4n) is 4.91. The lowest BCUT2D eigenvalue weighted by atomic mass is 9.95. The molecule has 6 nitrogen and oxygen atoms in total. The summed E-state index contributed by atoms with van der Waals surface area (Å²) in [6, 6.07) is 8.19. The molecule has 0 unspecified atom stereocenters. The van der Waals surface area contributed by atoms with Crippen molar-refractivity contribution in [2.75, 3.05) is 39.3 Å². The van der Waals surface area contributed by atoms with Gasteiger partial charge in [0.05, 0.1) is 5.69 Å². The molecule has 1 N–H and O–H groups in total. The molecular formula is C30H50N4O2. The molecular weight excluding hydrogens is 448 g/mol. The van der Waals surface area contributed by atoms with E-state index in [1.807, 2.05) is 46.8 Å². The van der Waals surface area contributed by atoms with E-state index in [4.69, 9.17) is 9.40 Å². The fraction of sp³-hybridized carbons (Fsp3) is 0.667. The monoisotopic (exact) mass is 498 g/mol. The number of rotatable bonds is 8. The van der Waals surface area contributed by atoms with Crippen LogP contribution in [0.5, 0.6) is 0 Å². The molecule has 3 heterocycles. The summed E-state index contributed by atoms with van der Waals surface area (Å²) in [5.41, 5.74) is 3.23. The number of hydrogen-bond acceptors (Lipinski definition) is 5. The summed E-state index contributed by atoms with van der Waals surface area (Å²) >= 11 is 0. The van der Waals surface area contributed by atoms with Crippen molar-refractivity contribution < 1.29 is 9.21 Å². The van der Waals surface area contributed by atoms with Gasteiger partial charge in [-0.15, -0.1) is 0 Å². The molecule has 36 heavy (non-hydrogen) atoms. The van der Waals surface area contributed by atoms with Gasteiger partial charge in [-0.05, 0) is 90.3 Å². The second kappa shape index (κ2) is 16.5. The van der Waals surface area contributed by atoms with E-state index in [2.05, 4.69) is 34.2 Å². The maximum atomic E-state index is 12.6. The van der Waals surface area contributed by atoms with E-state index in [1.165, 1.54) is 37.9 Å². The van der Waals surface area contributed by atoms with E-state index in [0.29, 0.717) is 5.89 Å². The van der Waals surface area contributed by atoms with Gasteiger partial charge in [0.1, 0.15) is 5.76 Å². The van der Waals surface area contributed by atoms with Crippen LogP contribution in [0, 0.1) is 19.8 Å². The number of benzene rings is 1. The Morgan fingerprint density at radius 1 is 0.972 bits per heavy atom. The van der Waals surface area contributed by atoms with Gasteiger partial charge in [-0.1, -0.05) is 52.3 Å². The van der Waals surface area contributed by atoms with Crippen molar-refractivity contribution in [3.63, 3.8) is 0 Å². The van der Waals surface area contributed by atoms with Gasteiger partial charge in [-0.3, -0.25) is 9.69 Å². The number of piperidine rings is 2. The average Bonchev–Trinajstić information content (AvgIpc) is 3.29. The normalized spacial score (nSPS) is 16.9. The second-order valence-corrected chi connectivity index (χ2v) is 9.43. The van der Waals surface area contributed by atoms with Crippen LogP contribution in [0.3, 0.4) is 0 Å². The predicted octanol–water partition coefficient (Wildman–Crippen LogP) is 6.22. The standard InChI is InChI=1S/C26H38N4O2.2C2H6/c1-20-9-4-5-10-23(20)26-28-24(21(2)32-26)19-30-17-11-22(12-18-30)25(31)27-13-8-16-29-14-6-3-7-15-29;2*1-2/h4-5,9-10,22H,3,6-8,11-19H2,1-2H3,(H,27,31);2*1-2H3. The summed E-state index contributed by atoms with van der Waals surface area (Å²) in [6.07, 6.45) is 6.91. The molecule has 0 aliphatic carbocycles. The first-order valence-corrected chi connectivity index (χ1v) is 14.3. The Morgan fingerprint density at radius 3 is 2.31 bits per heavy atom. The van der Waals surface area contributed by atoms with E-state index < -0.39 is 0 Å². The molecule has 0 spiro atoms. The number of aromatic nitrogens is 1. The Balaban J connectivity index is 0.00000109. The van der Waals surface area contributed by atoms with Crippen LogP contribution >= 0.6 is 0 Å². The van der Waals surface area contributed by atoms with Crippen molar-refractivity contribution in [3.05, 3.63) is 41.3 Å². The minimum Gasteiger partial charge on any atom is -0.441 e. The first-order chi connectivity index (χ1) is 17.6. The number of aryl methyl sites for hydroxylation is 2. The zero-order chi connectivity index (χ0) is 26.3. The van der Waals surface area contributed by atoms with Crippen LogP contribution in [-0.4, -0.2) is 60.0 Å². The van der Waals surface area contributed by atoms with E-state index in [0.717, 1.165) is 69.0 Å². The Kier molecular flexibility index (Phi) is 13.8. The third-order valence-electron chi connectivity index (χ3n) is 7.00. The van der Waals surface area contributed by atoms with Gasteiger partial charge in [-0.25, -0.2) is 4.98 Å². The maximum Gasteiger partial charge on any atom is 0.226 e. The number of amides is 1. The van der Waals surface area contributed by atoms with Crippen LogP contribution in [0.1, 0.15) is 83.2 Å². The first kappa shape index (κ1) is 30.0. The van der Waals surface area contributed by atoms with Crippen LogP contribution in [0.15, 0.2) is 28.7 Å². The molecule has 2 aliphatic rings. The van der Waals surface area contributed by atoms with Crippen molar-refractivity contribution >= 4 is 5.91 Å². The molecule has 0 radical (unpaired) electrons.